The minimum Gasteiger partial charge on any atom is -0.270 e. The molecule has 2 amide bonds. The van der Waals surface area contributed by atoms with Gasteiger partial charge >= 0.3 is 0 Å². The first-order valence-corrected chi connectivity index (χ1v) is 8.40. The highest BCUT2D eigenvalue weighted by Gasteiger charge is 2.39. The van der Waals surface area contributed by atoms with Crippen molar-refractivity contribution < 1.29 is 18.0 Å². The summed E-state index contributed by atoms with van der Waals surface area (Å²) in [7, 11) is -4.00. The summed E-state index contributed by atoms with van der Waals surface area (Å²) < 4.78 is 25.0. The third-order valence-electron chi connectivity index (χ3n) is 3.50. The Hall–Kier alpha value is -2.73. The summed E-state index contributed by atoms with van der Waals surface area (Å²) in [5.41, 5.74) is 0.751. The largest absolute Gasteiger partial charge is 0.273 e. The summed E-state index contributed by atoms with van der Waals surface area (Å²) in [6, 6.07) is 16.5. The second-order valence-electron chi connectivity index (χ2n) is 5.04. The molecule has 0 spiro atoms. The second-order valence-corrected chi connectivity index (χ2v) is 6.96. The van der Waals surface area contributed by atoms with E-state index in [1.807, 2.05) is 6.07 Å². The first kappa shape index (κ1) is 15.2. The van der Waals surface area contributed by atoms with E-state index >= 15 is 0 Å². The molecular formula is C17H13NO4S. The summed E-state index contributed by atoms with van der Waals surface area (Å²) in [5.74, 6) is -1.41. The van der Waals surface area contributed by atoms with E-state index in [0.717, 1.165) is 16.5 Å². The third kappa shape index (κ3) is 2.80. The zero-order valence-corrected chi connectivity index (χ0v) is 12.9. The highest BCUT2D eigenvalue weighted by atomic mass is 32.2. The molecule has 0 N–H and O–H groups in total. The Morgan fingerprint density at radius 3 is 2.00 bits per heavy atom. The Labute approximate surface area is 133 Å². The molecule has 0 aliphatic carbocycles. The highest BCUT2D eigenvalue weighted by molar-refractivity contribution is 7.96. The minimum atomic E-state index is -4.00. The Kier molecular flexibility index (Phi) is 3.83. The number of amides is 2. The average molecular weight is 327 g/mol. The van der Waals surface area contributed by atoms with E-state index in [2.05, 4.69) is 0 Å². The quantitative estimate of drug-likeness (QED) is 0.804. The number of hydrogen-bond acceptors (Lipinski definition) is 4. The molecule has 3 rings (SSSR count). The third-order valence-corrected chi connectivity index (χ3v) is 5.27. The van der Waals surface area contributed by atoms with Crippen LogP contribution in [0.15, 0.2) is 76.5 Å². The number of nitrogens with zero attached hydrogens (tertiary/aromatic N) is 1. The molecule has 0 bridgehead atoms. The lowest BCUT2D eigenvalue weighted by Crippen LogP contribution is -2.31. The first-order chi connectivity index (χ1) is 11.0. The second kappa shape index (κ2) is 5.81. The molecule has 2 aromatic carbocycles. The van der Waals surface area contributed by atoms with Gasteiger partial charge in [-0.1, -0.05) is 48.5 Å². The van der Waals surface area contributed by atoms with Crippen LogP contribution in [0.2, 0.25) is 0 Å². The zero-order chi connectivity index (χ0) is 16.4. The van der Waals surface area contributed by atoms with E-state index in [1.165, 1.54) is 12.1 Å². The SMILES string of the molecule is O=C1C=C(S(=O)(=O)c2ccccc2)C(=O)N1Cc1ccccc1. The Morgan fingerprint density at radius 1 is 0.826 bits per heavy atom. The molecule has 0 atom stereocenters. The fourth-order valence-electron chi connectivity index (χ4n) is 2.32. The molecular weight excluding hydrogens is 314 g/mol. The zero-order valence-electron chi connectivity index (χ0n) is 12.0. The van der Waals surface area contributed by atoms with E-state index in [1.54, 1.807) is 42.5 Å². The van der Waals surface area contributed by atoms with Crippen molar-refractivity contribution in [1.29, 1.82) is 0 Å². The molecule has 0 saturated heterocycles. The maximum atomic E-state index is 12.5. The van der Waals surface area contributed by atoms with Gasteiger partial charge in [-0.2, -0.15) is 0 Å². The van der Waals surface area contributed by atoms with Crippen LogP contribution >= 0.6 is 0 Å². The molecule has 6 heteroatoms. The fourth-order valence-corrected chi connectivity index (χ4v) is 3.69. The van der Waals surface area contributed by atoms with Gasteiger partial charge in [-0.3, -0.25) is 14.5 Å². The van der Waals surface area contributed by atoms with Gasteiger partial charge in [0.15, 0.2) is 0 Å². The van der Waals surface area contributed by atoms with Crippen LogP contribution < -0.4 is 0 Å². The summed E-state index contributed by atoms with van der Waals surface area (Å²) in [6.07, 6.45) is 0.896. The molecule has 23 heavy (non-hydrogen) atoms. The van der Waals surface area contributed by atoms with Gasteiger partial charge < -0.3 is 0 Å². The summed E-state index contributed by atoms with van der Waals surface area (Å²) in [6.45, 7) is 0.0445. The van der Waals surface area contributed by atoms with Gasteiger partial charge in [0.05, 0.1) is 11.4 Å². The molecule has 0 saturated carbocycles. The molecule has 1 aliphatic heterocycles. The number of sulfone groups is 1. The number of hydrogen-bond donors (Lipinski definition) is 0. The topological polar surface area (TPSA) is 71.5 Å². The molecule has 0 aromatic heterocycles. The number of benzene rings is 2. The van der Waals surface area contributed by atoms with Gasteiger partial charge in [-0.05, 0) is 17.7 Å². The average Bonchev–Trinajstić information content (AvgIpc) is 2.85. The van der Waals surface area contributed by atoms with Crippen LogP contribution in [0.4, 0.5) is 0 Å². The monoisotopic (exact) mass is 327 g/mol. The smallest absolute Gasteiger partial charge is 0.270 e. The van der Waals surface area contributed by atoms with Crippen LogP contribution in [-0.4, -0.2) is 25.1 Å². The lowest BCUT2D eigenvalue weighted by atomic mass is 10.2. The highest BCUT2D eigenvalue weighted by Crippen LogP contribution is 2.26. The lowest BCUT2D eigenvalue weighted by molar-refractivity contribution is -0.137. The van der Waals surface area contributed by atoms with Crippen molar-refractivity contribution in [2.45, 2.75) is 11.4 Å². The maximum Gasteiger partial charge on any atom is 0.273 e. The van der Waals surface area contributed by atoms with Gasteiger partial charge in [-0.15, -0.1) is 0 Å². The van der Waals surface area contributed by atoms with Crippen molar-refractivity contribution in [3.05, 3.63) is 77.2 Å². The minimum absolute atomic E-state index is 0.00559. The van der Waals surface area contributed by atoms with E-state index in [-0.39, 0.29) is 11.4 Å². The summed E-state index contributed by atoms with van der Waals surface area (Å²) in [5, 5.41) is 0. The van der Waals surface area contributed by atoms with Crippen molar-refractivity contribution >= 4 is 21.7 Å². The molecule has 2 aromatic rings. The van der Waals surface area contributed by atoms with Crippen molar-refractivity contribution in [3.8, 4) is 0 Å². The van der Waals surface area contributed by atoms with Gasteiger partial charge in [-0.25, -0.2) is 8.42 Å². The lowest BCUT2D eigenvalue weighted by Gasteiger charge is -2.14. The van der Waals surface area contributed by atoms with Gasteiger partial charge in [0, 0.05) is 6.08 Å². The fraction of sp³-hybridized carbons (Fsp3) is 0.0588. The van der Waals surface area contributed by atoms with Gasteiger partial charge in [0.1, 0.15) is 4.91 Å². The number of carbonyl (C=O) groups is 2. The van der Waals surface area contributed by atoms with Crippen LogP contribution in [0.25, 0.3) is 0 Å². The van der Waals surface area contributed by atoms with Crippen molar-refractivity contribution in [2.75, 3.05) is 0 Å². The number of carbonyl (C=O) groups excluding carboxylic acids is 2. The van der Waals surface area contributed by atoms with Crippen LogP contribution in [0.3, 0.4) is 0 Å². The Morgan fingerprint density at radius 2 is 1.39 bits per heavy atom. The molecule has 0 fully saturated rings. The summed E-state index contributed by atoms with van der Waals surface area (Å²) in [4.78, 5) is 24.9. The predicted octanol–water partition coefficient (Wildman–Crippen LogP) is 1.91. The maximum absolute atomic E-state index is 12.5. The molecule has 0 radical (unpaired) electrons. The van der Waals surface area contributed by atoms with Crippen LogP contribution in [-0.2, 0) is 26.0 Å². The van der Waals surface area contributed by atoms with Crippen LogP contribution in [0, 0.1) is 0 Å². The molecule has 1 aliphatic rings. The van der Waals surface area contributed by atoms with Crippen molar-refractivity contribution in [2.24, 2.45) is 0 Å². The molecule has 1 heterocycles. The standard InChI is InChI=1S/C17H13NO4S/c19-16-11-15(23(21,22)14-9-5-2-6-10-14)17(20)18(16)12-13-7-3-1-4-8-13/h1-11H,12H2. The van der Waals surface area contributed by atoms with E-state index in [4.69, 9.17) is 0 Å². The Balaban J connectivity index is 1.90. The first-order valence-electron chi connectivity index (χ1n) is 6.92. The molecule has 0 unspecified atom stereocenters. The molecule has 5 nitrogen and oxygen atoms in total. The van der Waals surface area contributed by atoms with Crippen molar-refractivity contribution in [1.82, 2.24) is 4.90 Å². The van der Waals surface area contributed by atoms with Crippen molar-refractivity contribution in [3.63, 3.8) is 0 Å². The number of imide groups is 1. The molecule has 116 valence electrons. The van der Waals surface area contributed by atoms with E-state index in [9.17, 15) is 18.0 Å². The normalized spacial score (nSPS) is 15.0. The summed E-state index contributed by atoms with van der Waals surface area (Å²) >= 11 is 0. The van der Waals surface area contributed by atoms with E-state index in [0.29, 0.717) is 0 Å². The Bertz CT molecular complexity index is 887. The van der Waals surface area contributed by atoms with Crippen LogP contribution in [0.1, 0.15) is 5.56 Å². The predicted molar refractivity (Wildman–Crippen MR) is 83.7 cm³/mol. The van der Waals surface area contributed by atoms with Crippen LogP contribution in [0.5, 0.6) is 0 Å². The number of rotatable bonds is 4. The van der Waals surface area contributed by atoms with Gasteiger partial charge in [0.2, 0.25) is 9.84 Å². The van der Waals surface area contributed by atoms with Gasteiger partial charge in [0.25, 0.3) is 11.8 Å². The van der Waals surface area contributed by atoms with E-state index < -0.39 is 26.6 Å².